The molecule has 72 valence electrons. The molecule has 1 heterocycles. The second kappa shape index (κ2) is 5.54. The lowest BCUT2D eigenvalue weighted by molar-refractivity contribution is 0.333. The summed E-state index contributed by atoms with van der Waals surface area (Å²) in [6, 6.07) is 3.84. The highest BCUT2D eigenvalue weighted by Gasteiger charge is 2.01. The van der Waals surface area contributed by atoms with E-state index in [2.05, 4.69) is 17.2 Å². The number of hydrogen-bond donors (Lipinski definition) is 1. The molecule has 0 amide bonds. The Hall–Kier alpha value is -1.09. The van der Waals surface area contributed by atoms with Gasteiger partial charge < -0.3 is 10.1 Å². The number of nitrogens with one attached hydrogen (secondary N) is 1. The number of nitrogens with zero attached hydrogens (tertiary/aromatic N) is 1. The summed E-state index contributed by atoms with van der Waals surface area (Å²) in [5.74, 6) is 0.881. The van der Waals surface area contributed by atoms with Crippen molar-refractivity contribution in [2.75, 3.05) is 13.2 Å². The molecule has 0 atom stereocenters. The summed E-state index contributed by atoms with van der Waals surface area (Å²) in [6.07, 6.45) is 1.79. The van der Waals surface area contributed by atoms with E-state index < -0.39 is 0 Å². The molecule has 0 radical (unpaired) electrons. The molecule has 13 heavy (non-hydrogen) atoms. The summed E-state index contributed by atoms with van der Waals surface area (Å²) >= 11 is 0. The Balaban J connectivity index is 2.66. The normalized spacial score (nSPS) is 10.0. The average Bonchev–Trinajstić information content (AvgIpc) is 2.17. The predicted octanol–water partition coefficient (Wildman–Crippen LogP) is 1.59. The van der Waals surface area contributed by atoms with Gasteiger partial charge in [0.1, 0.15) is 5.75 Å². The van der Waals surface area contributed by atoms with Crippen LogP contribution >= 0.6 is 0 Å². The lowest BCUT2D eigenvalue weighted by Gasteiger charge is -2.08. The molecular weight excluding hydrogens is 164 g/mol. The average molecular weight is 180 g/mol. The molecule has 3 nitrogen and oxygen atoms in total. The summed E-state index contributed by atoms with van der Waals surface area (Å²) < 4.78 is 5.43. The smallest absolute Gasteiger partial charge is 0.142 e. The van der Waals surface area contributed by atoms with Crippen LogP contribution in [0.15, 0.2) is 18.3 Å². The first-order valence-corrected chi connectivity index (χ1v) is 4.65. The van der Waals surface area contributed by atoms with E-state index >= 15 is 0 Å². The van der Waals surface area contributed by atoms with Gasteiger partial charge in [-0.25, -0.2) is 0 Å². The number of hydrogen-bond acceptors (Lipinski definition) is 3. The highest BCUT2D eigenvalue weighted by molar-refractivity contribution is 5.26. The van der Waals surface area contributed by atoms with Crippen LogP contribution in [0.3, 0.4) is 0 Å². The Labute approximate surface area is 79.1 Å². The van der Waals surface area contributed by atoms with Gasteiger partial charge >= 0.3 is 0 Å². The van der Waals surface area contributed by atoms with E-state index in [1.165, 1.54) is 0 Å². The van der Waals surface area contributed by atoms with Gasteiger partial charge in [0.2, 0.25) is 0 Å². The molecular formula is C10H16N2O. The van der Waals surface area contributed by atoms with Crippen LogP contribution in [0.5, 0.6) is 5.75 Å². The van der Waals surface area contributed by atoms with Crippen LogP contribution in [0.25, 0.3) is 0 Å². The Morgan fingerprint density at radius 3 is 3.00 bits per heavy atom. The Kier molecular flexibility index (Phi) is 4.26. The first-order chi connectivity index (χ1) is 6.38. The lowest BCUT2D eigenvalue weighted by Crippen LogP contribution is -2.14. The molecule has 0 unspecified atom stereocenters. The molecule has 1 rings (SSSR count). The summed E-state index contributed by atoms with van der Waals surface area (Å²) in [5, 5.41) is 3.22. The van der Waals surface area contributed by atoms with Crippen LogP contribution in [0, 0.1) is 0 Å². The van der Waals surface area contributed by atoms with E-state index in [1.807, 2.05) is 19.1 Å². The third-order valence-electron chi connectivity index (χ3n) is 1.69. The van der Waals surface area contributed by atoms with Crippen LogP contribution in [0.1, 0.15) is 19.5 Å². The quantitative estimate of drug-likeness (QED) is 0.747. The first kappa shape index (κ1) is 9.99. The molecule has 1 N–H and O–H groups in total. The zero-order valence-corrected chi connectivity index (χ0v) is 8.21. The summed E-state index contributed by atoms with van der Waals surface area (Å²) in [5.41, 5.74) is 0.978. The van der Waals surface area contributed by atoms with E-state index in [1.54, 1.807) is 6.20 Å². The number of pyridine rings is 1. The molecule has 3 heteroatoms. The maximum Gasteiger partial charge on any atom is 0.142 e. The van der Waals surface area contributed by atoms with Gasteiger partial charge in [-0.2, -0.15) is 0 Å². The number of rotatable bonds is 5. The van der Waals surface area contributed by atoms with Gasteiger partial charge in [-0.15, -0.1) is 0 Å². The second-order valence-corrected chi connectivity index (χ2v) is 2.66. The van der Waals surface area contributed by atoms with Crippen molar-refractivity contribution >= 4 is 0 Å². The first-order valence-electron chi connectivity index (χ1n) is 4.65. The van der Waals surface area contributed by atoms with Crippen molar-refractivity contribution in [2.24, 2.45) is 0 Å². The lowest BCUT2D eigenvalue weighted by atomic mass is 10.3. The van der Waals surface area contributed by atoms with Crippen LogP contribution in [0.4, 0.5) is 0 Å². The second-order valence-electron chi connectivity index (χ2n) is 2.66. The third-order valence-corrected chi connectivity index (χ3v) is 1.69. The summed E-state index contributed by atoms with van der Waals surface area (Å²) in [4.78, 5) is 4.25. The minimum Gasteiger partial charge on any atom is -0.492 e. The molecule has 0 aliphatic rings. The van der Waals surface area contributed by atoms with E-state index in [0.717, 1.165) is 24.5 Å². The van der Waals surface area contributed by atoms with Gasteiger partial charge in [0.25, 0.3) is 0 Å². The zero-order chi connectivity index (χ0) is 9.52. The molecule has 0 fully saturated rings. The van der Waals surface area contributed by atoms with Gasteiger partial charge in [0.05, 0.1) is 12.3 Å². The Bertz CT molecular complexity index is 250. The van der Waals surface area contributed by atoms with Gasteiger partial charge in [0, 0.05) is 12.7 Å². The largest absolute Gasteiger partial charge is 0.492 e. The van der Waals surface area contributed by atoms with Crippen molar-refractivity contribution in [2.45, 2.75) is 20.4 Å². The highest BCUT2D eigenvalue weighted by atomic mass is 16.5. The molecule has 0 bridgehead atoms. The van der Waals surface area contributed by atoms with E-state index in [4.69, 9.17) is 4.74 Å². The van der Waals surface area contributed by atoms with E-state index in [-0.39, 0.29) is 0 Å². The van der Waals surface area contributed by atoms with E-state index in [9.17, 15) is 0 Å². The fourth-order valence-electron chi connectivity index (χ4n) is 1.09. The molecule has 0 aliphatic heterocycles. The van der Waals surface area contributed by atoms with Crippen molar-refractivity contribution in [3.8, 4) is 5.75 Å². The molecule has 0 spiro atoms. The minimum absolute atomic E-state index is 0.685. The fourth-order valence-corrected chi connectivity index (χ4v) is 1.09. The monoisotopic (exact) mass is 180 g/mol. The van der Waals surface area contributed by atoms with Crippen LogP contribution in [-0.2, 0) is 6.54 Å². The van der Waals surface area contributed by atoms with Gasteiger partial charge in [0.15, 0.2) is 0 Å². The van der Waals surface area contributed by atoms with Crippen molar-refractivity contribution in [1.29, 1.82) is 0 Å². The molecule has 1 aromatic rings. The van der Waals surface area contributed by atoms with Gasteiger partial charge in [-0.05, 0) is 25.6 Å². The van der Waals surface area contributed by atoms with Crippen LogP contribution in [0.2, 0.25) is 0 Å². The van der Waals surface area contributed by atoms with Crippen molar-refractivity contribution in [3.05, 3.63) is 24.0 Å². The van der Waals surface area contributed by atoms with E-state index in [0.29, 0.717) is 6.61 Å². The molecule has 0 saturated heterocycles. The van der Waals surface area contributed by atoms with Gasteiger partial charge in [-0.3, -0.25) is 4.98 Å². The molecule has 1 aromatic heterocycles. The maximum atomic E-state index is 5.43. The Morgan fingerprint density at radius 2 is 2.31 bits per heavy atom. The van der Waals surface area contributed by atoms with Crippen molar-refractivity contribution in [1.82, 2.24) is 10.3 Å². The predicted molar refractivity (Wildman–Crippen MR) is 52.8 cm³/mol. The van der Waals surface area contributed by atoms with Gasteiger partial charge in [-0.1, -0.05) is 6.92 Å². The molecule has 0 aliphatic carbocycles. The maximum absolute atomic E-state index is 5.43. The topological polar surface area (TPSA) is 34.2 Å². The Morgan fingerprint density at radius 1 is 1.46 bits per heavy atom. The van der Waals surface area contributed by atoms with Crippen LogP contribution < -0.4 is 10.1 Å². The number of aromatic nitrogens is 1. The summed E-state index contributed by atoms with van der Waals surface area (Å²) in [7, 11) is 0. The summed E-state index contributed by atoms with van der Waals surface area (Å²) in [6.45, 7) is 6.45. The molecule has 0 saturated carbocycles. The highest BCUT2D eigenvalue weighted by Crippen LogP contribution is 2.14. The zero-order valence-electron chi connectivity index (χ0n) is 8.21. The fraction of sp³-hybridized carbons (Fsp3) is 0.500. The minimum atomic E-state index is 0.685. The van der Waals surface area contributed by atoms with Crippen molar-refractivity contribution in [3.63, 3.8) is 0 Å². The third kappa shape index (κ3) is 3.03. The van der Waals surface area contributed by atoms with Crippen LogP contribution in [-0.4, -0.2) is 18.1 Å². The SMILES string of the molecule is CCNCc1ncccc1OCC. The standard InChI is InChI=1S/C10H16N2O/c1-3-11-8-9-10(13-4-2)6-5-7-12-9/h5-7,11H,3-4,8H2,1-2H3. The number of ether oxygens (including phenoxy) is 1. The van der Waals surface area contributed by atoms with Crippen molar-refractivity contribution < 1.29 is 4.74 Å². The molecule has 0 aromatic carbocycles.